The second-order valence-electron chi connectivity index (χ2n) is 5.52. The van der Waals surface area contributed by atoms with Crippen LogP contribution in [-0.4, -0.2) is 0 Å². The monoisotopic (exact) mass is 250 g/mol. The minimum atomic E-state index is 1.14. The van der Waals surface area contributed by atoms with E-state index in [4.69, 9.17) is 0 Å². The van der Waals surface area contributed by atoms with Crippen molar-refractivity contribution in [3.8, 4) is 11.1 Å². The van der Waals surface area contributed by atoms with Crippen molar-refractivity contribution in [1.82, 2.24) is 0 Å². The zero-order valence-corrected chi connectivity index (χ0v) is 12.0. The quantitative estimate of drug-likeness (QED) is 0.599. The summed E-state index contributed by atoms with van der Waals surface area (Å²) < 4.78 is 0. The van der Waals surface area contributed by atoms with Crippen LogP contribution in [0.4, 0.5) is 0 Å². The van der Waals surface area contributed by atoms with Crippen LogP contribution in [-0.2, 0) is 19.3 Å². The van der Waals surface area contributed by atoms with Gasteiger partial charge in [-0.25, -0.2) is 0 Å². The van der Waals surface area contributed by atoms with Gasteiger partial charge in [0.1, 0.15) is 0 Å². The van der Waals surface area contributed by atoms with E-state index in [2.05, 4.69) is 50.2 Å². The Morgan fingerprint density at radius 1 is 0.947 bits per heavy atom. The lowest BCUT2D eigenvalue weighted by Gasteiger charge is -2.13. The molecular weight excluding hydrogens is 228 g/mol. The van der Waals surface area contributed by atoms with E-state index in [9.17, 15) is 0 Å². The van der Waals surface area contributed by atoms with Crippen molar-refractivity contribution in [3.63, 3.8) is 0 Å². The SMILES string of the molecule is CCCCc1c(CC)ccc2c1Cc1ccccc1-2. The molecule has 0 saturated heterocycles. The van der Waals surface area contributed by atoms with Gasteiger partial charge >= 0.3 is 0 Å². The second-order valence-corrected chi connectivity index (χ2v) is 5.52. The predicted octanol–water partition coefficient (Wildman–Crippen LogP) is 5.16. The molecule has 2 aromatic rings. The van der Waals surface area contributed by atoms with E-state index in [1.807, 2.05) is 0 Å². The summed E-state index contributed by atoms with van der Waals surface area (Å²) in [6, 6.07) is 13.6. The third-order valence-corrected chi connectivity index (χ3v) is 4.36. The maximum absolute atomic E-state index is 2.35. The molecule has 0 amide bonds. The van der Waals surface area contributed by atoms with Crippen molar-refractivity contribution in [1.29, 1.82) is 0 Å². The average molecular weight is 250 g/mol. The first-order chi connectivity index (χ1) is 9.35. The minimum Gasteiger partial charge on any atom is -0.0654 e. The zero-order valence-electron chi connectivity index (χ0n) is 12.0. The number of unbranched alkanes of at least 4 members (excludes halogenated alkanes) is 1. The van der Waals surface area contributed by atoms with Crippen LogP contribution < -0.4 is 0 Å². The fraction of sp³-hybridized carbons (Fsp3) is 0.368. The molecular formula is C19H22. The molecule has 0 fully saturated rings. The lowest BCUT2D eigenvalue weighted by molar-refractivity contribution is 0.781. The van der Waals surface area contributed by atoms with Gasteiger partial charge in [0.2, 0.25) is 0 Å². The van der Waals surface area contributed by atoms with Crippen LogP contribution >= 0.6 is 0 Å². The molecule has 0 nitrogen and oxygen atoms in total. The number of aryl methyl sites for hydroxylation is 1. The van der Waals surface area contributed by atoms with E-state index in [1.54, 1.807) is 16.7 Å². The molecule has 2 aromatic carbocycles. The molecule has 0 heteroatoms. The highest BCUT2D eigenvalue weighted by Crippen LogP contribution is 2.39. The Balaban J connectivity index is 2.10. The first-order valence-corrected chi connectivity index (χ1v) is 7.57. The van der Waals surface area contributed by atoms with Gasteiger partial charge in [0.25, 0.3) is 0 Å². The molecule has 0 saturated carbocycles. The van der Waals surface area contributed by atoms with E-state index in [0.29, 0.717) is 0 Å². The number of fused-ring (bicyclic) bond motifs is 3. The fourth-order valence-electron chi connectivity index (χ4n) is 3.32. The smallest absolute Gasteiger partial charge is 0.00106 e. The largest absolute Gasteiger partial charge is 0.0654 e. The summed E-state index contributed by atoms with van der Waals surface area (Å²) in [6.45, 7) is 4.56. The first-order valence-electron chi connectivity index (χ1n) is 7.57. The van der Waals surface area contributed by atoms with Gasteiger partial charge in [-0.15, -0.1) is 0 Å². The van der Waals surface area contributed by atoms with Gasteiger partial charge in [0.05, 0.1) is 0 Å². The molecule has 19 heavy (non-hydrogen) atoms. The number of benzene rings is 2. The molecule has 3 rings (SSSR count). The summed E-state index contributed by atoms with van der Waals surface area (Å²) in [5.41, 5.74) is 9.24. The second kappa shape index (κ2) is 5.21. The number of rotatable bonds is 4. The van der Waals surface area contributed by atoms with Crippen LogP contribution in [0.2, 0.25) is 0 Å². The minimum absolute atomic E-state index is 1.14. The Hall–Kier alpha value is -1.56. The maximum atomic E-state index is 2.35. The van der Waals surface area contributed by atoms with Gasteiger partial charge in [-0.05, 0) is 59.1 Å². The summed E-state index contributed by atoms with van der Waals surface area (Å²) in [6.07, 6.45) is 6.12. The highest BCUT2D eigenvalue weighted by molar-refractivity contribution is 5.78. The fourth-order valence-corrected chi connectivity index (χ4v) is 3.32. The molecule has 0 bridgehead atoms. The van der Waals surface area contributed by atoms with Crippen LogP contribution in [0, 0.1) is 0 Å². The highest BCUT2D eigenvalue weighted by atomic mass is 14.3. The Kier molecular flexibility index (Phi) is 3.42. The van der Waals surface area contributed by atoms with E-state index in [0.717, 1.165) is 12.8 Å². The van der Waals surface area contributed by atoms with Crippen molar-refractivity contribution < 1.29 is 0 Å². The third kappa shape index (κ3) is 2.10. The number of hydrogen-bond acceptors (Lipinski definition) is 0. The molecule has 0 unspecified atom stereocenters. The Bertz CT molecular complexity index is 593. The molecule has 1 aliphatic carbocycles. The first kappa shape index (κ1) is 12.5. The molecule has 98 valence electrons. The Morgan fingerprint density at radius 3 is 2.58 bits per heavy atom. The van der Waals surface area contributed by atoms with Gasteiger partial charge in [0.15, 0.2) is 0 Å². The topological polar surface area (TPSA) is 0 Å². The van der Waals surface area contributed by atoms with Crippen molar-refractivity contribution in [2.45, 2.75) is 46.0 Å². The van der Waals surface area contributed by atoms with E-state index >= 15 is 0 Å². The molecule has 0 radical (unpaired) electrons. The van der Waals surface area contributed by atoms with Crippen LogP contribution in [0.3, 0.4) is 0 Å². The standard InChI is InChI=1S/C19H22/c1-3-5-9-16-14(4-2)11-12-18-17-10-7-6-8-15(17)13-19(16)18/h6-8,10-12H,3-5,9,13H2,1-2H3. The lowest BCUT2D eigenvalue weighted by Crippen LogP contribution is -1.99. The predicted molar refractivity (Wildman–Crippen MR) is 82.7 cm³/mol. The van der Waals surface area contributed by atoms with Crippen molar-refractivity contribution in [3.05, 3.63) is 58.7 Å². The zero-order chi connectivity index (χ0) is 13.2. The normalized spacial score (nSPS) is 12.3. The number of hydrogen-bond donors (Lipinski definition) is 0. The van der Waals surface area contributed by atoms with E-state index in [-0.39, 0.29) is 0 Å². The summed E-state index contributed by atoms with van der Waals surface area (Å²) in [7, 11) is 0. The van der Waals surface area contributed by atoms with Crippen molar-refractivity contribution >= 4 is 0 Å². The van der Waals surface area contributed by atoms with Crippen LogP contribution in [0.25, 0.3) is 11.1 Å². The molecule has 0 atom stereocenters. The molecule has 0 aromatic heterocycles. The summed E-state index contributed by atoms with van der Waals surface area (Å²) in [5.74, 6) is 0. The molecule has 0 aliphatic heterocycles. The molecule has 0 spiro atoms. The highest BCUT2D eigenvalue weighted by Gasteiger charge is 2.21. The molecule has 1 aliphatic rings. The van der Waals surface area contributed by atoms with E-state index < -0.39 is 0 Å². The summed E-state index contributed by atoms with van der Waals surface area (Å²) in [5, 5.41) is 0. The van der Waals surface area contributed by atoms with Crippen LogP contribution in [0.5, 0.6) is 0 Å². The molecule has 0 heterocycles. The Morgan fingerprint density at radius 2 is 1.79 bits per heavy atom. The third-order valence-electron chi connectivity index (χ3n) is 4.36. The maximum Gasteiger partial charge on any atom is -0.00106 e. The summed E-state index contributed by atoms with van der Waals surface area (Å²) >= 11 is 0. The van der Waals surface area contributed by atoms with Gasteiger partial charge in [-0.1, -0.05) is 56.7 Å². The van der Waals surface area contributed by atoms with E-state index in [1.165, 1.54) is 36.0 Å². The van der Waals surface area contributed by atoms with Crippen LogP contribution in [0.15, 0.2) is 36.4 Å². The van der Waals surface area contributed by atoms with Crippen molar-refractivity contribution in [2.24, 2.45) is 0 Å². The van der Waals surface area contributed by atoms with Gasteiger partial charge < -0.3 is 0 Å². The van der Waals surface area contributed by atoms with Gasteiger partial charge in [-0.3, -0.25) is 0 Å². The van der Waals surface area contributed by atoms with Crippen LogP contribution in [0.1, 0.15) is 48.9 Å². The summed E-state index contributed by atoms with van der Waals surface area (Å²) in [4.78, 5) is 0. The van der Waals surface area contributed by atoms with Gasteiger partial charge in [-0.2, -0.15) is 0 Å². The molecule has 0 N–H and O–H groups in total. The van der Waals surface area contributed by atoms with Gasteiger partial charge in [0, 0.05) is 0 Å². The Labute approximate surface area is 116 Å². The average Bonchev–Trinajstić information content (AvgIpc) is 2.83. The van der Waals surface area contributed by atoms with Crippen molar-refractivity contribution in [2.75, 3.05) is 0 Å². The lowest BCUT2D eigenvalue weighted by atomic mass is 9.91.